The first-order chi connectivity index (χ1) is 23.4. The van der Waals surface area contributed by atoms with Crippen LogP contribution in [0.3, 0.4) is 0 Å². The van der Waals surface area contributed by atoms with E-state index in [1.165, 1.54) is 83.5 Å². The summed E-state index contributed by atoms with van der Waals surface area (Å²) in [5.41, 5.74) is 0. The van der Waals surface area contributed by atoms with Crippen molar-refractivity contribution in [3.05, 3.63) is 36.5 Å². The molecule has 0 bridgehead atoms. The fourth-order valence-corrected chi connectivity index (χ4v) is 5.57. The summed E-state index contributed by atoms with van der Waals surface area (Å²) in [5, 5.41) is 19.8. The van der Waals surface area contributed by atoms with Gasteiger partial charge < -0.3 is 19.7 Å². The van der Waals surface area contributed by atoms with E-state index in [-0.39, 0.29) is 25.2 Å². The molecular formula is C42H76O6. The molecule has 6 heteroatoms. The molecule has 0 saturated heterocycles. The minimum Gasteiger partial charge on any atom is -0.463 e. The maximum Gasteiger partial charge on any atom is 0.305 e. The Balaban J connectivity index is 3.48. The molecule has 0 fully saturated rings. The Morgan fingerprint density at radius 1 is 0.583 bits per heavy atom. The topological polar surface area (TPSA) is 93.1 Å². The maximum absolute atomic E-state index is 12.0. The number of aliphatic hydroxyl groups is 2. The van der Waals surface area contributed by atoms with Gasteiger partial charge in [0.25, 0.3) is 0 Å². The van der Waals surface area contributed by atoms with Crippen LogP contribution in [0.5, 0.6) is 0 Å². The first-order valence-corrected chi connectivity index (χ1v) is 20.0. The molecule has 0 aliphatic heterocycles. The van der Waals surface area contributed by atoms with E-state index in [0.29, 0.717) is 19.3 Å². The van der Waals surface area contributed by atoms with Gasteiger partial charge in [0.2, 0.25) is 0 Å². The molecule has 0 spiro atoms. The summed E-state index contributed by atoms with van der Waals surface area (Å²) in [5.74, 6) is 0.284. The Morgan fingerprint density at radius 2 is 1.04 bits per heavy atom. The molecule has 0 aromatic heterocycles. The van der Waals surface area contributed by atoms with Gasteiger partial charge in [0.1, 0.15) is 19.3 Å². The summed E-state index contributed by atoms with van der Waals surface area (Å²) >= 11 is 0. The first-order valence-electron chi connectivity index (χ1n) is 20.0. The van der Waals surface area contributed by atoms with Crippen LogP contribution < -0.4 is 0 Å². The zero-order valence-corrected chi connectivity index (χ0v) is 31.5. The number of carbonyl (C=O) groups is 2. The fraction of sp³-hybridized carbons (Fsp3) is 0.810. The number of carbonyl (C=O) groups excluding carboxylic acids is 2. The average Bonchev–Trinajstić information content (AvgIpc) is 3.08. The number of allylic oxidation sites excluding steroid dienone is 4. The zero-order valence-electron chi connectivity index (χ0n) is 31.5. The molecule has 0 heterocycles. The van der Waals surface area contributed by atoms with Crippen molar-refractivity contribution in [3.8, 4) is 0 Å². The van der Waals surface area contributed by atoms with Crippen LogP contribution in [-0.4, -0.2) is 47.6 Å². The Hall–Kier alpha value is -1.92. The molecule has 6 nitrogen and oxygen atoms in total. The van der Waals surface area contributed by atoms with Gasteiger partial charge in [-0.15, -0.1) is 0 Å². The first kappa shape index (κ1) is 46.1. The number of hydrogen-bond acceptors (Lipinski definition) is 6. The lowest BCUT2D eigenvalue weighted by molar-refractivity contribution is -0.152. The van der Waals surface area contributed by atoms with Crippen molar-refractivity contribution in [1.82, 2.24) is 0 Å². The quantitative estimate of drug-likeness (QED) is 0.0300. The highest BCUT2D eigenvalue weighted by Gasteiger charge is 2.12. The normalized spacial score (nSPS) is 13.9. The lowest BCUT2D eigenvalue weighted by Gasteiger charge is -2.12. The third kappa shape index (κ3) is 35.4. The molecule has 0 saturated carbocycles. The summed E-state index contributed by atoms with van der Waals surface area (Å²) in [7, 11) is 0. The molecule has 280 valence electrons. The van der Waals surface area contributed by atoms with Crippen molar-refractivity contribution in [2.24, 2.45) is 5.92 Å². The van der Waals surface area contributed by atoms with Gasteiger partial charge in [0.05, 0.1) is 6.10 Å². The van der Waals surface area contributed by atoms with Crippen LogP contribution in [0.25, 0.3) is 0 Å². The van der Waals surface area contributed by atoms with Crippen molar-refractivity contribution in [1.29, 1.82) is 0 Å². The van der Waals surface area contributed by atoms with Crippen LogP contribution >= 0.6 is 0 Å². The lowest BCUT2D eigenvalue weighted by atomic mass is 9.99. The highest BCUT2D eigenvalue weighted by molar-refractivity contribution is 5.69. The molecule has 0 rings (SSSR count). The van der Waals surface area contributed by atoms with Crippen molar-refractivity contribution in [2.45, 2.75) is 200 Å². The minimum atomic E-state index is -0.985. The summed E-state index contributed by atoms with van der Waals surface area (Å²) in [6.45, 7) is 6.46. The predicted molar refractivity (Wildman–Crippen MR) is 202 cm³/mol. The third-order valence-electron chi connectivity index (χ3n) is 9.01. The summed E-state index contributed by atoms with van der Waals surface area (Å²) in [6.07, 6.45) is 39.5. The maximum atomic E-state index is 12.0. The number of unbranched alkanes of at least 4 members (excludes halogenated alkanes) is 18. The molecule has 2 N–H and O–H groups in total. The average molecular weight is 677 g/mol. The fourth-order valence-electron chi connectivity index (χ4n) is 5.57. The van der Waals surface area contributed by atoms with E-state index < -0.39 is 12.2 Å². The molecule has 0 aliphatic carbocycles. The molecule has 0 aromatic carbocycles. The van der Waals surface area contributed by atoms with Crippen molar-refractivity contribution in [3.63, 3.8) is 0 Å². The summed E-state index contributed by atoms with van der Waals surface area (Å²) < 4.78 is 10.3. The van der Waals surface area contributed by atoms with E-state index in [4.69, 9.17) is 9.47 Å². The van der Waals surface area contributed by atoms with E-state index in [0.717, 1.165) is 70.1 Å². The van der Waals surface area contributed by atoms with Crippen LogP contribution in [0.15, 0.2) is 36.5 Å². The standard InChI is InChI=1S/C42H76O6/c1-4-6-26-32-39(43)33-28-23-19-15-13-17-21-25-30-35-42(46)48-37-40(44)36-47-41(45)34-29-24-20-16-12-10-8-7-9-11-14-18-22-27-31-38(3)5-2/h6,19,23,26,28,33,38-40,43-44H,4-5,7-18,20-22,24-25,27,29-32,34-37H2,1-3H3/b23-19+,26-6+,33-28+/t38?,39?,40-/m1/s1. The Labute approximate surface area is 296 Å². The third-order valence-corrected chi connectivity index (χ3v) is 9.01. The smallest absolute Gasteiger partial charge is 0.305 e. The van der Waals surface area contributed by atoms with Gasteiger partial charge in [0.15, 0.2) is 0 Å². The van der Waals surface area contributed by atoms with Crippen molar-refractivity contribution >= 4 is 11.9 Å². The number of esters is 2. The van der Waals surface area contributed by atoms with Gasteiger partial charge in [-0.3, -0.25) is 9.59 Å². The second-order valence-electron chi connectivity index (χ2n) is 13.8. The molecule has 48 heavy (non-hydrogen) atoms. The number of rotatable bonds is 35. The number of ether oxygens (including phenoxy) is 2. The zero-order chi connectivity index (χ0) is 35.3. The molecule has 0 aliphatic rings. The van der Waals surface area contributed by atoms with E-state index >= 15 is 0 Å². The predicted octanol–water partition coefficient (Wildman–Crippen LogP) is 11.3. The molecule has 0 aromatic rings. The second kappa shape index (κ2) is 36.4. The van der Waals surface area contributed by atoms with E-state index in [1.807, 2.05) is 24.3 Å². The van der Waals surface area contributed by atoms with Crippen LogP contribution in [0, 0.1) is 5.92 Å². The van der Waals surface area contributed by atoms with Crippen molar-refractivity contribution < 1.29 is 29.3 Å². The minimum absolute atomic E-state index is 0.133. The largest absolute Gasteiger partial charge is 0.463 e. The summed E-state index contributed by atoms with van der Waals surface area (Å²) in [4.78, 5) is 23.9. The Kier molecular flexibility index (Phi) is 34.9. The van der Waals surface area contributed by atoms with Gasteiger partial charge >= 0.3 is 11.9 Å². The molecular weight excluding hydrogens is 600 g/mol. The van der Waals surface area contributed by atoms with Gasteiger partial charge in [-0.05, 0) is 44.4 Å². The highest BCUT2D eigenvalue weighted by atomic mass is 16.6. The van der Waals surface area contributed by atoms with Crippen LogP contribution in [0.1, 0.15) is 188 Å². The van der Waals surface area contributed by atoms with Crippen molar-refractivity contribution in [2.75, 3.05) is 13.2 Å². The Bertz CT molecular complexity index is 804. The SMILES string of the molecule is CC/C=C/CC(O)/C=C/C=C/CCCCCCCC(=O)OC[C@H](O)COC(=O)CCCCCCCCCCCCCCCCC(C)CC. The van der Waals surface area contributed by atoms with E-state index in [2.05, 4.69) is 32.9 Å². The molecule has 0 radical (unpaired) electrons. The molecule has 0 amide bonds. The second-order valence-corrected chi connectivity index (χ2v) is 13.8. The van der Waals surface area contributed by atoms with E-state index in [1.54, 1.807) is 0 Å². The van der Waals surface area contributed by atoms with Gasteiger partial charge in [-0.1, -0.05) is 173 Å². The number of aliphatic hydroxyl groups excluding tert-OH is 2. The monoisotopic (exact) mass is 677 g/mol. The highest BCUT2D eigenvalue weighted by Crippen LogP contribution is 2.16. The van der Waals surface area contributed by atoms with Gasteiger partial charge in [-0.25, -0.2) is 0 Å². The van der Waals surface area contributed by atoms with Crippen LogP contribution in [0.4, 0.5) is 0 Å². The lowest BCUT2D eigenvalue weighted by Crippen LogP contribution is -2.25. The van der Waals surface area contributed by atoms with E-state index in [9.17, 15) is 19.8 Å². The molecule has 2 unspecified atom stereocenters. The molecule has 3 atom stereocenters. The van der Waals surface area contributed by atoms with Gasteiger partial charge in [0, 0.05) is 12.8 Å². The van der Waals surface area contributed by atoms with Crippen LogP contribution in [-0.2, 0) is 19.1 Å². The Morgan fingerprint density at radius 3 is 1.52 bits per heavy atom. The summed E-state index contributed by atoms with van der Waals surface area (Å²) in [6, 6.07) is 0. The number of hydrogen-bond donors (Lipinski definition) is 2. The van der Waals surface area contributed by atoms with Gasteiger partial charge in [-0.2, -0.15) is 0 Å². The van der Waals surface area contributed by atoms with Crippen LogP contribution in [0.2, 0.25) is 0 Å².